The second-order valence-electron chi connectivity index (χ2n) is 5.31. The van der Waals surface area contributed by atoms with E-state index in [0.717, 1.165) is 39.0 Å². The topological polar surface area (TPSA) is 50.4 Å². The van der Waals surface area contributed by atoms with Crippen molar-refractivity contribution < 1.29 is 9.53 Å². The van der Waals surface area contributed by atoms with Gasteiger partial charge < -0.3 is 15.4 Å². The highest BCUT2D eigenvalue weighted by Crippen LogP contribution is 2.22. The summed E-state index contributed by atoms with van der Waals surface area (Å²) >= 11 is 0. The van der Waals surface area contributed by atoms with Crippen molar-refractivity contribution in [3.05, 3.63) is 0 Å². The summed E-state index contributed by atoms with van der Waals surface area (Å²) < 4.78 is 5.63. The molecule has 98 valence electrons. The molecular weight excluding hydrogens is 216 g/mol. The van der Waals surface area contributed by atoms with Crippen LogP contribution in [-0.2, 0) is 9.53 Å². The zero-order valence-electron chi connectivity index (χ0n) is 10.9. The molecule has 0 aliphatic carbocycles. The monoisotopic (exact) mass is 240 g/mol. The van der Waals surface area contributed by atoms with Gasteiger partial charge in [-0.15, -0.1) is 0 Å². The molecule has 4 unspecified atom stereocenters. The van der Waals surface area contributed by atoms with E-state index in [1.54, 1.807) is 0 Å². The SMILES string of the molecule is CCC1OCCC1CNC(=O)C1NCCC1C. The van der Waals surface area contributed by atoms with Crippen LogP contribution in [0.15, 0.2) is 0 Å². The maximum Gasteiger partial charge on any atom is 0.237 e. The van der Waals surface area contributed by atoms with Crippen LogP contribution in [0.3, 0.4) is 0 Å². The highest BCUT2D eigenvalue weighted by Gasteiger charge is 2.31. The molecule has 2 N–H and O–H groups in total. The van der Waals surface area contributed by atoms with Crippen molar-refractivity contribution in [2.75, 3.05) is 19.7 Å². The van der Waals surface area contributed by atoms with E-state index in [1.807, 2.05) is 0 Å². The Kier molecular flexibility index (Phi) is 4.40. The van der Waals surface area contributed by atoms with Gasteiger partial charge in [-0.1, -0.05) is 13.8 Å². The zero-order valence-corrected chi connectivity index (χ0v) is 10.9. The van der Waals surface area contributed by atoms with Crippen LogP contribution < -0.4 is 10.6 Å². The van der Waals surface area contributed by atoms with Gasteiger partial charge in [0.25, 0.3) is 0 Å². The van der Waals surface area contributed by atoms with E-state index in [1.165, 1.54) is 0 Å². The first-order valence-corrected chi connectivity index (χ1v) is 6.85. The maximum absolute atomic E-state index is 12.0. The van der Waals surface area contributed by atoms with Crippen LogP contribution in [0, 0.1) is 11.8 Å². The molecule has 2 rings (SSSR count). The molecule has 0 aromatic rings. The second kappa shape index (κ2) is 5.83. The molecule has 2 aliphatic heterocycles. The zero-order chi connectivity index (χ0) is 12.3. The van der Waals surface area contributed by atoms with Crippen molar-refractivity contribution >= 4 is 5.91 Å². The van der Waals surface area contributed by atoms with Crippen LogP contribution in [0.1, 0.15) is 33.1 Å². The van der Waals surface area contributed by atoms with E-state index >= 15 is 0 Å². The highest BCUT2D eigenvalue weighted by atomic mass is 16.5. The molecule has 0 bridgehead atoms. The molecule has 4 nitrogen and oxygen atoms in total. The summed E-state index contributed by atoms with van der Waals surface area (Å²) in [6, 6.07) is 0.0115. The van der Waals surface area contributed by atoms with Gasteiger partial charge in [-0.3, -0.25) is 4.79 Å². The Balaban J connectivity index is 1.76. The molecule has 2 fully saturated rings. The van der Waals surface area contributed by atoms with Crippen molar-refractivity contribution in [2.45, 2.75) is 45.3 Å². The number of rotatable bonds is 4. The second-order valence-corrected chi connectivity index (χ2v) is 5.31. The van der Waals surface area contributed by atoms with Crippen molar-refractivity contribution in [2.24, 2.45) is 11.8 Å². The van der Waals surface area contributed by atoms with Crippen LogP contribution in [0.5, 0.6) is 0 Å². The first-order chi connectivity index (χ1) is 8.22. The summed E-state index contributed by atoms with van der Waals surface area (Å²) in [5.74, 6) is 1.12. The largest absolute Gasteiger partial charge is 0.378 e. The van der Waals surface area contributed by atoms with Crippen molar-refractivity contribution in [3.8, 4) is 0 Å². The van der Waals surface area contributed by atoms with Crippen LogP contribution in [0.4, 0.5) is 0 Å². The van der Waals surface area contributed by atoms with Gasteiger partial charge in [-0.25, -0.2) is 0 Å². The molecular formula is C13H24N2O2. The molecule has 17 heavy (non-hydrogen) atoms. The van der Waals surface area contributed by atoms with Gasteiger partial charge in [0.2, 0.25) is 5.91 Å². The lowest BCUT2D eigenvalue weighted by Gasteiger charge is -2.20. The average molecular weight is 240 g/mol. The number of hydrogen-bond donors (Lipinski definition) is 2. The van der Waals surface area contributed by atoms with E-state index in [9.17, 15) is 4.79 Å². The summed E-state index contributed by atoms with van der Waals surface area (Å²) in [6.45, 7) is 6.85. The Morgan fingerprint density at radius 2 is 2.29 bits per heavy atom. The average Bonchev–Trinajstić information content (AvgIpc) is 2.94. The molecule has 2 heterocycles. The number of carbonyl (C=O) groups excluding carboxylic acids is 1. The molecule has 0 spiro atoms. The van der Waals surface area contributed by atoms with Crippen LogP contribution in [0.2, 0.25) is 0 Å². The number of carbonyl (C=O) groups is 1. The number of nitrogens with one attached hydrogen (secondary N) is 2. The quantitative estimate of drug-likeness (QED) is 0.768. The van der Waals surface area contributed by atoms with Gasteiger partial charge >= 0.3 is 0 Å². The summed E-state index contributed by atoms with van der Waals surface area (Å²) in [7, 11) is 0. The maximum atomic E-state index is 12.0. The molecule has 2 saturated heterocycles. The Morgan fingerprint density at radius 3 is 2.94 bits per heavy atom. The lowest BCUT2D eigenvalue weighted by atomic mass is 9.98. The van der Waals surface area contributed by atoms with E-state index in [0.29, 0.717) is 17.9 Å². The number of hydrogen-bond acceptors (Lipinski definition) is 3. The van der Waals surface area contributed by atoms with Crippen molar-refractivity contribution in [1.82, 2.24) is 10.6 Å². The molecule has 2 aliphatic rings. The van der Waals surface area contributed by atoms with Crippen LogP contribution in [-0.4, -0.2) is 37.7 Å². The smallest absolute Gasteiger partial charge is 0.237 e. The lowest BCUT2D eigenvalue weighted by molar-refractivity contribution is -0.123. The third-order valence-electron chi connectivity index (χ3n) is 4.10. The molecule has 0 aromatic carbocycles. The van der Waals surface area contributed by atoms with Crippen LogP contribution in [0.25, 0.3) is 0 Å². The van der Waals surface area contributed by atoms with E-state index in [2.05, 4.69) is 24.5 Å². The van der Waals surface area contributed by atoms with Gasteiger partial charge in [0, 0.05) is 19.1 Å². The Labute approximate surface area is 103 Å². The highest BCUT2D eigenvalue weighted by molar-refractivity contribution is 5.82. The minimum atomic E-state index is 0.0115. The Bertz CT molecular complexity index is 270. The minimum absolute atomic E-state index is 0.0115. The Morgan fingerprint density at radius 1 is 1.47 bits per heavy atom. The summed E-state index contributed by atoms with van der Waals surface area (Å²) in [5, 5.41) is 6.34. The van der Waals surface area contributed by atoms with Crippen LogP contribution >= 0.6 is 0 Å². The van der Waals surface area contributed by atoms with Gasteiger partial charge in [0.1, 0.15) is 0 Å². The number of ether oxygens (including phenoxy) is 1. The third-order valence-corrected chi connectivity index (χ3v) is 4.10. The fourth-order valence-electron chi connectivity index (χ4n) is 2.90. The fourth-order valence-corrected chi connectivity index (χ4v) is 2.90. The summed E-state index contributed by atoms with van der Waals surface area (Å²) in [5.41, 5.74) is 0. The lowest BCUT2D eigenvalue weighted by Crippen LogP contribution is -2.45. The Hall–Kier alpha value is -0.610. The van der Waals surface area contributed by atoms with Gasteiger partial charge in [-0.2, -0.15) is 0 Å². The molecule has 4 heteroatoms. The number of amides is 1. The molecule has 0 saturated carbocycles. The first-order valence-electron chi connectivity index (χ1n) is 6.85. The predicted octanol–water partition coefficient (Wildman–Crippen LogP) is 0.916. The van der Waals surface area contributed by atoms with E-state index < -0.39 is 0 Å². The van der Waals surface area contributed by atoms with Gasteiger partial charge in [0.05, 0.1) is 12.1 Å². The molecule has 0 aromatic heterocycles. The van der Waals surface area contributed by atoms with Gasteiger partial charge in [-0.05, 0) is 31.7 Å². The van der Waals surface area contributed by atoms with Crippen molar-refractivity contribution in [3.63, 3.8) is 0 Å². The van der Waals surface area contributed by atoms with Crippen molar-refractivity contribution in [1.29, 1.82) is 0 Å². The van der Waals surface area contributed by atoms with E-state index in [4.69, 9.17) is 4.74 Å². The normalized spacial score (nSPS) is 37.3. The van der Waals surface area contributed by atoms with Gasteiger partial charge in [0.15, 0.2) is 0 Å². The fraction of sp³-hybridized carbons (Fsp3) is 0.923. The summed E-state index contributed by atoms with van der Waals surface area (Å²) in [6.07, 6.45) is 3.55. The predicted molar refractivity (Wildman–Crippen MR) is 66.7 cm³/mol. The molecule has 0 radical (unpaired) electrons. The third kappa shape index (κ3) is 2.99. The summed E-state index contributed by atoms with van der Waals surface area (Å²) in [4.78, 5) is 12.0. The minimum Gasteiger partial charge on any atom is -0.378 e. The standard InChI is InChI=1S/C13H24N2O2/c1-3-11-10(5-7-17-11)8-15-13(16)12-9(2)4-6-14-12/h9-12,14H,3-8H2,1-2H3,(H,15,16). The molecule has 1 amide bonds. The molecule has 4 atom stereocenters. The first kappa shape index (κ1) is 12.8. The van der Waals surface area contributed by atoms with E-state index in [-0.39, 0.29) is 11.9 Å².